The standard InChI is InChI=1S/C19H21N3O4S/c1-5-25-15-10-13(6-7-14(15)26-12-17(23)21(2)3)11-16-19(24)22(4)18(27-16)8-9-20/h6-8,10-11H,5,12H2,1-4H3/b16-11-,18-8-. The van der Waals surface area contributed by atoms with Gasteiger partial charge in [-0.2, -0.15) is 5.26 Å². The van der Waals surface area contributed by atoms with E-state index in [1.165, 1.54) is 26.9 Å². The van der Waals surface area contributed by atoms with Crippen molar-refractivity contribution in [2.24, 2.45) is 7.05 Å². The van der Waals surface area contributed by atoms with Gasteiger partial charge in [0.2, 0.25) is 0 Å². The van der Waals surface area contributed by atoms with E-state index >= 15 is 0 Å². The molecule has 0 aliphatic heterocycles. The molecule has 0 unspecified atom stereocenters. The third kappa shape index (κ3) is 4.99. The fraction of sp³-hybridized carbons (Fsp3) is 0.316. The quantitative estimate of drug-likeness (QED) is 0.718. The van der Waals surface area contributed by atoms with Gasteiger partial charge in [-0.1, -0.05) is 6.07 Å². The van der Waals surface area contributed by atoms with Crippen molar-refractivity contribution >= 4 is 29.4 Å². The van der Waals surface area contributed by atoms with Crippen molar-refractivity contribution in [2.75, 3.05) is 27.3 Å². The van der Waals surface area contributed by atoms with Crippen LogP contribution < -0.4 is 24.2 Å². The van der Waals surface area contributed by atoms with E-state index in [2.05, 4.69) is 0 Å². The maximum Gasteiger partial charge on any atom is 0.268 e. The van der Waals surface area contributed by atoms with Gasteiger partial charge in [-0.15, -0.1) is 11.3 Å². The number of carbonyl (C=O) groups is 1. The van der Waals surface area contributed by atoms with Crippen LogP contribution in [0, 0.1) is 11.3 Å². The number of benzene rings is 1. The van der Waals surface area contributed by atoms with E-state index in [0.717, 1.165) is 5.56 Å². The van der Waals surface area contributed by atoms with Crippen molar-refractivity contribution in [3.8, 4) is 17.6 Å². The van der Waals surface area contributed by atoms with Crippen LogP contribution in [-0.2, 0) is 11.8 Å². The molecule has 142 valence electrons. The van der Waals surface area contributed by atoms with E-state index < -0.39 is 0 Å². The van der Waals surface area contributed by atoms with Crippen molar-refractivity contribution in [2.45, 2.75) is 6.92 Å². The van der Waals surface area contributed by atoms with E-state index in [-0.39, 0.29) is 18.1 Å². The number of amides is 1. The summed E-state index contributed by atoms with van der Waals surface area (Å²) >= 11 is 1.24. The molecule has 0 atom stereocenters. The van der Waals surface area contributed by atoms with Gasteiger partial charge in [0, 0.05) is 27.2 Å². The first-order chi connectivity index (χ1) is 12.9. The van der Waals surface area contributed by atoms with E-state index in [1.54, 1.807) is 45.4 Å². The number of aromatic nitrogens is 1. The van der Waals surface area contributed by atoms with E-state index in [0.29, 0.717) is 27.3 Å². The largest absolute Gasteiger partial charge is 0.490 e. The molecule has 7 nitrogen and oxygen atoms in total. The predicted molar refractivity (Wildman–Crippen MR) is 104 cm³/mol. The lowest BCUT2D eigenvalue weighted by Crippen LogP contribution is -2.28. The van der Waals surface area contributed by atoms with Crippen molar-refractivity contribution in [1.29, 1.82) is 5.26 Å². The van der Waals surface area contributed by atoms with Crippen molar-refractivity contribution in [3.63, 3.8) is 0 Å². The summed E-state index contributed by atoms with van der Waals surface area (Å²) in [6.45, 7) is 2.20. The van der Waals surface area contributed by atoms with Gasteiger partial charge < -0.3 is 18.9 Å². The number of likely N-dealkylation sites (N-methyl/N-ethyl adjacent to an activating group) is 1. The molecular weight excluding hydrogens is 366 g/mol. The number of hydrogen-bond donors (Lipinski definition) is 0. The molecule has 2 aromatic rings. The lowest BCUT2D eigenvalue weighted by molar-refractivity contribution is -0.130. The Morgan fingerprint density at radius 2 is 2.07 bits per heavy atom. The molecule has 1 heterocycles. The molecule has 27 heavy (non-hydrogen) atoms. The summed E-state index contributed by atoms with van der Waals surface area (Å²) < 4.78 is 13.7. The van der Waals surface area contributed by atoms with Crippen LogP contribution in [0.15, 0.2) is 23.0 Å². The number of nitriles is 1. The molecule has 0 bridgehead atoms. The Morgan fingerprint density at radius 1 is 1.33 bits per heavy atom. The minimum absolute atomic E-state index is 0.0883. The highest BCUT2D eigenvalue weighted by molar-refractivity contribution is 7.07. The number of hydrogen-bond acceptors (Lipinski definition) is 6. The predicted octanol–water partition coefficient (Wildman–Crippen LogP) is 0.445. The highest BCUT2D eigenvalue weighted by Crippen LogP contribution is 2.28. The van der Waals surface area contributed by atoms with E-state index in [9.17, 15) is 9.59 Å². The molecule has 0 saturated carbocycles. The smallest absolute Gasteiger partial charge is 0.268 e. The Morgan fingerprint density at radius 3 is 2.70 bits per heavy atom. The number of carbonyl (C=O) groups excluding carboxylic acids is 1. The zero-order valence-electron chi connectivity index (χ0n) is 15.7. The Balaban J connectivity index is 2.40. The van der Waals surface area contributed by atoms with Gasteiger partial charge in [0.1, 0.15) is 4.66 Å². The summed E-state index contributed by atoms with van der Waals surface area (Å²) in [4.78, 5) is 25.5. The fourth-order valence-corrected chi connectivity index (χ4v) is 3.16. The summed E-state index contributed by atoms with van der Waals surface area (Å²) in [7, 11) is 4.95. The van der Waals surface area contributed by atoms with Crippen LogP contribution >= 0.6 is 11.3 Å². The molecule has 0 saturated heterocycles. The SMILES string of the molecule is CCOc1cc(/C=c2\s/c(=C\C#N)n(C)c2=O)ccc1OCC(=O)N(C)C. The van der Waals surface area contributed by atoms with Gasteiger partial charge in [-0.05, 0) is 30.7 Å². The van der Waals surface area contributed by atoms with Gasteiger partial charge in [-0.3, -0.25) is 9.59 Å². The third-order valence-electron chi connectivity index (χ3n) is 3.66. The van der Waals surface area contributed by atoms with Gasteiger partial charge in [0.15, 0.2) is 18.1 Å². The summed E-state index contributed by atoms with van der Waals surface area (Å²) in [5.74, 6) is 0.799. The van der Waals surface area contributed by atoms with Crippen LogP contribution in [0.25, 0.3) is 12.2 Å². The Bertz CT molecular complexity index is 1040. The lowest BCUT2D eigenvalue weighted by Gasteiger charge is -2.14. The average molecular weight is 387 g/mol. The van der Waals surface area contributed by atoms with Crippen LogP contribution in [-0.4, -0.2) is 42.7 Å². The highest BCUT2D eigenvalue weighted by atomic mass is 32.1. The van der Waals surface area contributed by atoms with Crippen LogP contribution in [0.2, 0.25) is 0 Å². The molecule has 1 aromatic carbocycles. The monoisotopic (exact) mass is 387 g/mol. The van der Waals surface area contributed by atoms with Crippen molar-refractivity contribution in [3.05, 3.63) is 43.3 Å². The second-order valence-corrected chi connectivity index (χ2v) is 6.86. The minimum Gasteiger partial charge on any atom is -0.490 e. The molecule has 0 aliphatic rings. The Labute approximate surface area is 161 Å². The van der Waals surface area contributed by atoms with Crippen LogP contribution in [0.3, 0.4) is 0 Å². The molecule has 0 radical (unpaired) electrons. The van der Waals surface area contributed by atoms with Gasteiger partial charge in [0.05, 0.1) is 17.2 Å². The summed E-state index contributed by atoms with van der Waals surface area (Å²) in [6, 6.07) is 7.18. The second-order valence-electron chi connectivity index (χ2n) is 5.80. The number of nitrogens with zero attached hydrogens (tertiary/aromatic N) is 3. The number of rotatable bonds is 6. The van der Waals surface area contributed by atoms with E-state index in [4.69, 9.17) is 14.7 Å². The van der Waals surface area contributed by atoms with Gasteiger partial charge >= 0.3 is 0 Å². The molecule has 2 rings (SSSR count). The molecule has 0 aliphatic carbocycles. The summed E-state index contributed by atoms with van der Waals surface area (Å²) in [5, 5.41) is 8.80. The first-order valence-corrected chi connectivity index (χ1v) is 9.06. The zero-order valence-corrected chi connectivity index (χ0v) is 16.5. The normalized spacial score (nSPS) is 12.0. The number of ether oxygens (including phenoxy) is 2. The van der Waals surface area contributed by atoms with Crippen LogP contribution in [0.4, 0.5) is 0 Å². The molecule has 0 fully saturated rings. The molecule has 1 aromatic heterocycles. The fourth-order valence-electron chi connectivity index (χ4n) is 2.18. The van der Waals surface area contributed by atoms with Gasteiger partial charge in [-0.25, -0.2) is 0 Å². The van der Waals surface area contributed by atoms with Crippen LogP contribution in [0.1, 0.15) is 12.5 Å². The zero-order chi connectivity index (χ0) is 20.0. The summed E-state index contributed by atoms with van der Waals surface area (Å²) in [6.07, 6.45) is 3.08. The average Bonchev–Trinajstić information content (AvgIpc) is 2.89. The topological polar surface area (TPSA) is 84.6 Å². The van der Waals surface area contributed by atoms with Gasteiger partial charge in [0.25, 0.3) is 11.5 Å². The molecule has 0 spiro atoms. The third-order valence-corrected chi connectivity index (χ3v) is 4.78. The van der Waals surface area contributed by atoms with Crippen molar-refractivity contribution in [1.82, 2.24) is 9.47 Å². The first-order valence-electron chi connectivity index (χ1n) is 8.24. The van der Waals surface area contributed by atoms with Crippen molar-refractivity contribution < 1.29 is 14.3 Å². The lowest BCUT2D eigenvalue weighted by atomic mass is 10.2. The number of thiazole rings is 1. The second kappa shape index (κ2) is 9.05. The first kappa shape index (κ1) is 20.3. The van der Waals surface area contributed by atoms with Crippen LogP contribution in [0.5, 0.6) is 11.5 Å². The maximum atomic E-state index is 12.3. The Hall–Kier alpha value is -3.05. The maximum absolute atomic E-state index is 12.3. The molecule has 8 heteroatoms. The Kier molecular flexibility index (Phi) is 6.79. The highest BCUT2D eigenvalue weighted by Gasteiger charge is 2.10. The van der Waals surface area contributed by atoms with E-state index in [1.807, 2.05) is 13.0 Å². The summed E-state index contributed by atoms with van der Waals surface area (Å²) in [5.41, 5.74) is 0.587. The molecular formula is C19H21N3O4S. The molecule has 1 amide bonds. The minimum atomic E-state index is -0.170. The molecule has 0 N–H and O–H groups in total.